The van der Waals surface area contributed by atoms with E-state index < -0.39 is 10.0 Å². The standard InChI is InChI=1S/C22H27N3O3S/c1-3-24(4-2)29(27,28)21-10-5-18(6-11-21)7-12-22(26)25(20-8-9-20)17-19-13-15-23-16-14-19/h5-7,10-16,20H,3-4,8-9,17H2,1-2H3/b12-7+. The van der Waals surface area contributed by atoms with Gasteiger partial charge in [-0.05, 0) is 54.3 Å². The molecule has 1 amide bonds. The fourth-order valence-electron chi connectivity index (χ4n) is 3.18. The topological polar surface area (TPSA) is 70.6 Å². The molecular formula is C22H27N3O3S. The molecule has 154 valence electrons. The van der Waals surface area contributed by atoms with Crippen molar-refractivity contribution in [3.63, 3.8) is 0 Å². The quantitative estimate of drug-likeness (QED) is 0.592. The van der Waals surface area contributed by atoms with E-state index in [1.165, 1.54) is 4.31 Å². The summed E-state index contributed by atoms with van der Waals surface area (Å²) in [5.74, 6) is -0.0378. The lowest BCUT2D eigenvalue weighted by atomic mass is 10.2. The number of amides is 1. The molecule has 0 saturated heterocycles. The highest BCUT2D eigenvalue weighted by atomic mass is 32.2. The van der Waals surface area contributed by atoms with Gasteiger partial charge in [-0.2, -0.15) is 4.31 Å². The van der Waals surface area contributed by atoms with E-state index in [1.807, 2.05) is 30.9 Å². The third-order valence-electron chi connectivity index (χ3n) is 5.01. The second-order valence-electron chi connectivity index (χ2n) is 7.04. The van der Waals surface area contributed by atoms with Gasteiger partial charge in [0.1, 0.15) is 0 Å². The Morgan fingerprint density at radius 2 is 1.69 bits per heavy atom. The minimum absolute atomic E-state index is 0.0378. The van der Waals surface area contributed by atoms with Gasteiger partial charge in [0.15, 0.2) is 0 Å². The van der Waals surface area contributed by atoms with E-state index in [0.29, 0.717) is 25.7 Å². The minimum Gasteiger partial charge on any atom is -0.332 e. The third kappa shape index (κ3) is 5.31. The number of pyridine rings is 1. The number of rotatable bonds is 9. The molecule has 1 aromatic carbocycles. The van der Waals surface area contributed by atoms with Crippen LogP contribution in [0.4, 0.5) is 0 Å². The summed E-state index contributed by atoms with van der Waals surface area (Å²) >= 11 is 0. The van der Waals surface area contributed by atoms with Crippen molar-refractivity contribution in [3.05, 3.63) is 66.0 Å². The van der Waals surface area contributed by atoms with Crippen molar-refractivity contribution in [2.45, 2.75) is 44.2 Å². The predicted octanol–water partition coefficient (Wildman–Crippen LogP) is 3.32. The van der Waals surface area contributed by atoms with Crippen LogP contribution in [0.2, 0.25) is 0 Å². The first kappa shape index (κ1) is 21.2. The lowest BCUT2D eigenvalue weighted by molar-refractivity contribution is -0.127. The lowest BCUT2D eigenvalue weighted by Crippen LogP contribution is -2.31. The molecule has 0 radical (unpaired) electrons. The van der Waals surface area contributed by atoms with Crippen molar-refractivity contribution in [1.82, 2.24) is 14.2 Å². The van der Waals surface area contributed by atoms with Crippen LogP contribution in [0.3, 0.4) is 0 Å². The predicted molar refractivity (Wildman–Crippen MR) is 113 cm³/mol. The molecule has 0 aliphatic heterocycles. The van der Waals surface area contributed by atoms with E-state index >= 15 is 0 Å². The molecule has 1 aliphatic carbocycles. The number of carbonyl (C=O) groups is 1. The van der Waals surface area contributed by atoms with Gasteiger partial charge in [-0.15, -0.1) is 0 Å². The number of nitrogens with zero attached hydrogens (tertiary/aromatic N) is 3. The molecule has 1 aromatic heterocycles. The van der Waals surface area contributed by atoms with Gasteiger partial charge in [-0.25, -0.2) is 8.42 Å². The molecule has 0 atom stereocenters. The maximum absolute atomic E-state index is 12.7. The molecule has 1 aliphatic rings. The number of aromatic nitrogens is 1. The highest BCUT2D eigenvalue weighted by Gasteiger charge is 2.31. The van der Waals surface area contributed by atoms with Crippen LogP contribution in [-0.2, 0) is 21.4 Å². The maximum atomic E-state index is 12.7. The average Bonchev–Trinajstić information content (AvgIpc) is 3.57. The molecule has 6 nitrogen and oxygen atoms in total. The molecule has 2 aromatic rings. The second kappa shape index (κ2) is 9.33. The van der Waals surface area contributed by atoms with Crippen molar-refractivity contribution >= 4 is 22.0 Å². The van der Waals surface area contributed by atoms with Gasteiger partial charge in [-0.3, -0.25) is 9.78 Å². The van der Waals surface area contributed by atoms with E-state index in [1.54, 1.807) is 48.8 Å². The van der Waals surface area contributed by atoms with Gasteiger partial charge in [-0.1, -0.05) is 26.0 Å². The van der Waals surface area contributed by atoms with Crippen molar-refractivity contribution in [1.29, 1.82) is 0 Å². The van der Waals surface area contributed by atoms with Crippen molar-refractivity contribution in [2.75, 3.05) is 13.1 Å². The first-order valence-electron chi connectivity index (χ1n) is 9.93. The lowest BCUT2D eigenvalue weighted by Gasteiger charge is -2.21. The smallest absolute Gasteiger partial charge is 0.247 e. The Bertz CT molecular complexity index is 949. The molecule has 1 fully saturated rings. The average molecular weight is 414 g/mol. The summed E-state index contributed by atoms with van der Waals surface area (Å²) in [6.07, 6.45) is 8.82. The third-order valence-corrected chi connectivity index (χ3v) is 7.08. The van der Waals surface area contributed by atoms with Crippen LogP contribution in [0, 0.1) is 0 Å². The van der Waals surface area contributed by atoms with Crippen LogP contribution >= 0.6 is 0 Å². The van der Waals surface area contributed by atoms with Crippen LogP contribution in [0.25, 0.3) is 6.08 Å². The summed E-state index contributed by atoms with van der Waals surface area (Å²) in [6, 6.07) is 10.8. The van der Waals surface area contributed by atoms with E-state index in [4.69, 9.17) is 0 Å². The maximum Gasteiger partial charge on any atom is 0.247 e. The van der Waals surface area contributed by atoms with Gasteiger partial charge in [0.2, 0.25) is 15.9 Å². The van der Waals surface area contributed by atoms with Gasteiger partial charge < -0.3 is 4.90 Å². The molecule has 3 rings (SSSR count). The number of hydrogen-bond acceptors (Lipinski definition) is 4. The zero-order valence-electron chi connectivity index (χ0n) is 16.9. The molecule has 7 heteroatoms. The molecule has 0 bridgehead atoms. The largest absolute Gasteiger partial charge is 0.332 e. The summed E-state index contributed by atoms with van der Waals surface area (Å²) in [6.45, 7) is 5.08. The molecular weight excluding hydrogens is 386 g/mol. The highest BCUT2D eigenvalue weighted by molar-refractivity contribution is 7.89. The summed E-state index contributed by atoms with van der Waals surface area (Å²) in [4.78, 5) is 18.9. The molecule has 1 heterocycles. The van der Waals surface area contributed by atoms with Crippen LogP contribution < -0.4 is 0 Å². The van der Waals surface area contributed by atoms with Crippen molar-refractivity contribution < 1.29 is 13.2 Å². The van der Waals surface area contributed by atoms with Crippen LogP contribution in [0.15, 0.2) is 59.8 Å². The zero-order valence-corrected chi connectivity index (χ0v) is 17.7. The summed E-state index contributed by atoms with van der Waals surface area (Å²) in [5, 5.41) is 0. The Hall–Kier alpha value is -2.51. The summed E-state index contributed by atoms with van der Waals surface area (Å²) in [7, 11) is -3.47. The van der Waals surface area contributed by atoms with E-state index in [2.05, 4.69) is 4.98 Å². The van der Waals surface area contributed by atoms with E-state index in [-0.39, 0.29) is 10.8 Å². The van der Waals surface area contributed by atoms with Crippen LogP contribution in [0.5, 0.6) is 0 Å². The molecule has 0 spiro atoms. The molecule has 0 N–H and O–H groups in total. The SMILES string of the molecule is CCN(CC)S(=O)(=O)c1ccc(/C=C/C(=O)N(Cc2ccncc2)C2CC2)cc1. The Morgan fingerprint density at radius 3 is 2.24 bits per heavy atom. The van der Waals surface area contributed by atoms with Gasteiger partial charge in [0.05, 0.1) is 4.90 Å². The van der Waals surface area contributed by atoms with Gasteiger partial charge in [0, 0.05) is 44.1 Å². The Kier molecular flexibility index (Phi) is 6.82. The molecule has 29 heavy (non-hydrogen) atoms. The van der Waals surface area contributed by atoms with Crippen LogP contribution in [0.1, 0.15) is 37.8 Å². The van der Waals surface area contributed by atoms with E-state index in [0.717, 1.165) is 24.0 Å². The van der Waals surface area contributed by atoms with Crippen molar-refractivity contribution in [3.8, 4) is 0 Å². The fourth-order valence-corrected chi connectivity index (χ4v) is 4.64. The first-order chi connectivity index (χ1) is 14.0. The van der Waals surface area contributed by atoms with Gasteiger partial charge >= 0.3 is 0 Å². The number of benzene rings is 1. The highest BCUT2D eigenvalue weighted by Crippen LogP contribution is 2.28. The number of hydrogen-bond donors (Lipinski definition) is 0. The Morgan fingerprint density at radius 1 is 1.07 bits per heavy atom. The van der Waals surface area contributed by atoms with Crippen molar-refractivity contribution in [2.24, 2.45) is 0 Å². The van der Waals surface area contributed by atoms with Gasteiger partial charge in [0.25, 0.3) is 0 Å². The zero-order chi connectivity index (χ0) is 20.9. The van der Waals surface area contributed by atoms with Crippen LogP contribution in [-0.4, -0.2) is 47.6 Å². The monoisotopic (exact) mass is 413 g/mol. The Labute approximate surface area is 172 Å². The second-order valence-corrected chi connectivity index (χ2v) is 8.98. The normalized spacial score (nSPS) is 14.4. The van der Waals surface area contributed by atoms with E-state index in [9.17, 15) is 13.2 Å². The number of carbonyl (C=O) groups excluding carboxylic acids is 1. The summed E-state index contributed by atoms with van der Waals surface area (Å²) in [5.41, 5.74) is 1.84. The fraction of sp³-hybridized carbons (Fsp3) is 0.364. The number of sulfonamides is 1. The minimum atomic E-state index is -3.47. The first-order valence-corrected chi connectivity index (χ1v) is 11.4. The summed E-state index contributed by atoms with van der Waals surface area (Å²) < 4.78 is 26.5. The molecule has 1 saturated carbocycles. The Balaban J connectivity index is 1.69. The molecule has 0 unspecified atom stereocenters.